The van der Waals surface area contributed by atoms with Crippen LogP contribution in [0.4, 0.5) is 0 Å². The summed E-state index contributed by atoms with van der Waals surface area (Å²) in [6, 6.07) is 0.252. The van der Waals surface area contributed by atoms with Gasteiger partial charge < -0.3 is 4.74 Å². The van der Waals surface area contributed by atoms with Crippen LogP contribution < -0.4 is 0 Å². The molecule has 1 rings (SSSR count). The average molecular weight is 145 g/mol. The van der Waals surface area contributed by atoms with E-state index in [2.05, 4.69) is 0 Å². The molecule has 1 heterocycles. The smallest absolute Gasteiger partial charge is 0.0593 e. The second kappa shape index (κ2) is 3.94. The van der Waals surface area contributed by atoms with E-state index in [4.69, 9.17) is 7.48 Å². The van der Waals surface area contributed by atoms with E-state index in [0.29, 0.717) is 26.2 Å². The maximum absolute atomic E-state index is 7.77. The third kappa shape index (κ3) is 2.27. The molecule has 1 aliphatic rings. The molecule has 0 aromatic rings. The third-order valence-electron chi connectivity index (χ3n) is 1.66. The van der Waals surface area contributed by atoms with Crippen LogP contribution in [0.25, 0.3) is 0 Å². The number of nitrogens with zero attached hydrogens (tertiary/aromatic N) is 1. The van der Waals surface area contributed by atoms with Crippen molar-refractivity contribution in [2.45, 2.75) is 26.3 Å². The van der Waals surface area contributed by atoms with Gasteiger partial charge in [-0.25, -0.2) is 0 Å². The van der Waals surface area contributed by atoms with Crippen LogP contribution in [0.2, 0.25) is 0 Å². The topological polar surface area (TPSA) is 12.5 Å². The van der Waals surface area contributed by atoms with E-state index in [9.17, 15) is 0 Å². The monoisotopic (exact) mass is 145 g/mol. The summed E-state index contributed by atoms with van der Waals surface area (Å²) in [4.78, 5) is 1.86. The zero-order valence-corrected chi connectivity index (χ0v) is 6.76. The van der Waals surface area contributed by atoms with Crippen molar-refractivity contribution in [1.82, 2.24) is 4.90 Å². The van der Waals surface area contributed by atoms with Crippen molar-refractivity contribution < 1.29 is 7.48 Å². The van der Waals surface area contributed by atoms with Crippen LogP contribution >= 0.6 is 0 Å². The standard InChI is InChI=1S/C8H17NO/c1-8(2)9-4-3-6-10-7-5-9/h8H,3-7H2,1-2H3/i4D2. The molecule has 0 aliphatic carbocycles. The molecule has 0 N–H and O–H groups in total. The van der Waals surface area contributed by atoms with E-state index >= 15 is 0 Å². The predicted molar refractivity (Wildman–Crippen MR) is 42.1 cm³/mol. The van der Waals surface area contributed by atoms with Gasteiger partial charge in [0.25, 0.3) is 0 Å². The lowest BCUT2D eigenvalue weighted by atomic mass is 10.3. The molecule has 1 saturated heterocycles. The Morgan fingerprint density at radius 1 is 1.50 bits per heavy atom. The molecule has 0 aromatic heterocycles. The first-order valence-corrected chi connectivity index (χ1v) is 3.88. The lowest BCUT2D eigenvalue weighted by Crippen LogP contribution is -2.32. The van der Waals surface area contributed by atoms with Crippen molar-refractivity contribution in [1.29, 1.82) is 0 Å². The minimum absolute atomic E-state index is 0.252. The molecule has 0 radical (unpaired) electrons. The molecule has 0 bridgehead atoms. The van der Waals surface area contributed by atoms with Gasteiger partial charge in [-0.3, -0.25) is 4.90 Å². The molecule has 1 fully saturated rings. The Kier molecular flexibility index (Phi) is 2.19. The highest BCUT2D eigenvalue weighted by atomic mass is 16.5. The van der Waals surface area contributed by atoms with Crippen molar-refractivity contribution in [2.24, 2.45) is 0 Å². The maximum atomic E-state index is 7.77. The Balaban J connectivity index is 2.65. The minimum atomic E-state index is -1.19. The second-order valence-electron chi connectivity index (χ2n) is 2.81. The van der Waals surface area contributed by atoms with Crippen molar-refractivity contribution in [3.63, 3.8) is 0 Å². The van der Waals surface area contributed by atoms with Gasteiger partial charge in [0, 0.05) is 28.4 Å². The summed E-state index contributed by atoms with van der Waals surface area (Å²) < 4.78 is 20.8. The predicted octanol–water partition coefficient (Wildman–Crippen LogP) is 1.12. The van der Waals surface area contributed by atoms with Gasteiger partial charge in [0.2, 0.25) is 0 Å². The lowest BCUT2D eigenvalue weighted by molar-refractivity contribution is 0.136. The Morgan fingerprint density at radius 2 is 2.30 bits per heavy atom. The Bertz CT molecular complexity index is 150. The van der Waals surface area contributed by atoms with Gasteiger partial charge in [0.1, 0.15) is 0 Å². The minimum Gasteiger partial charge on any atom is -0.380 e. The van der Waals surface area contributed by atoms with Crippen LogP contribution in [0.5, 0.6) is 0 Å². The number of hydrogen-bond donors (Lipinski definition) is 0. The molecule has 0 aromatic carbocycles. The van der Waals surface area contributed by atoms with Gasteiger partial charge in [-0.1, -0.05) is 0 Å². The van der Waals surface area contributed by atoms with Crippen LogP contribution in [0.3, 0.4) is 0 Å². The van der Waals surface area contributed by atoms with Gasteiger partial charge in [-0.2, -0.15) is 0 Å². The zero-order chi connectivity index (χ0) is 9.19. The summed E-state index contributed by atoms with van der Waals surface area (Å²) in [7, 11) is 0. The zero-order valence-electron chi connectivity index (χ0n) is 8.76. The highest BCUT2D eigenvalue weighted by Crippen LogP contribution is 2.02. The Hall–Kier alpha value is -0.0800. The largest absolute Gasteiger partial charge is 0.380 e. The van der Waals surface area contributed by atoms with Crippen molar-refractivity contribution in [3.05, 3.63) is 0 Å². The van der Waals surface area contributed by atoms with Crippen molar-refractivity contribution >= 4 is 0 Å². The van der Waals surface area contributed by atoms with Gasteiger partial charge in [0.05, 0.1) is 6.61 Å². The third-order valence-corrected chi connectivity index (χ3v) is 1.66. The highest BCUT2D eigenvalue weighted by Gasteiger charge is 2.10. The molecule has 2 heteroatoms. The average Bonchev–Trinajstić information content (AvgIpc) is 2.09. The fraction of sp³-hybridized carbons (Fsp3) is 1.00. The van der Waals surface area contributed by atoms with E-state index < -0.39 is 6.50 Å². The van der Waals surface area contributed by atoms with Gasteiger partial charge >= 0.3 is 0 Å². The SMILES string of the molecule is [2H]C1([2H])CCOCCN1C(C)C. The van der Waals surface area contributed by atoms with E-state index in [-0.39, 0.29) is 6.04 Å². The molecule has 0 saturated carbocycles. The van der Waals surface area contributed by atoms with E-state index in [0.717, 1.165) is 0 Å². The summed E-state index contributed by atoms with van der Waals surface area (Å²) in [6.45, 7) is 4.73. The van der Waals surface area contributed by atoms with Crippen LogP contribution in [0.1, 0.15) is 23.0 Å². The molecular weight excluding hydrogens is 126 g/mol. The van der Waals surface area contributed by atoms with Gasteiger partial charge in [0.15, 0.2) is 0 Å². The molecule has 1 aliphatic heterocycles. The Labute approximate surface area is 66.0 Å². The lowest BCUT2D eigenvalue weighted by Gasteiger charge is -2.23. The fourth-order valence-corrected chi connectivity index (χ4v) is 1.05. The van der Waals surface area contributed by atoms with Gasteiger partial charge in [-0.15, -0.1) is 0 Å². The summed E-state index contributed by atoms with van der Waals surface area (Å²) in [5.74, 6) is 0. The van der Waals surface area contributed by atoms with E-state index in [1.54, 1.807) is 0 Å². The molecular formula is C8H17NO. The molecule has 2 nitrogen and oxygen atoms in total. The van der Waals surface area contributed by atoms with Crippen LogP contribution in [-0.4, -0.2) is 37.2 Å². The van der Waals surface area contributed by atoms with Crippen molar-refractivity contribution in [3.8, 4) is 0 Å². The Morgan fingerprint density at radius 3 is 3.00 bits per heavy atom. The summed E-state index contributed by atoms with van der Waals surface area (Å²) in [5.41, 5.74) is 0. The highest BCUT2D eigenvalue weighted by molar-refractivity contribution is 4.64. The van der Waals surface area contributed by atoms with E-state index in [1.807, 2.05) is 18.7 Å². The second-order valence-corrected chi connectivity index (χ2v) is 2.81. The number of hydrogen-bond acceptors (Lipinski definition) is 2. The molecule has 0 atom stereocenters. The molecule has 0 amide bonds. The van der Waals surface area contributed by atoms with Crippen LogP contribution in [0.15, 0.2) is 0 Å². The molecule has 0 spiro atoms. The van der Waals surface area contributed by atoms with Crippen molar-refractivity contribution in [2.75, 3.05) is 26.3 Å². The first kappa shape index (κ1) is 5.56. The summed E-state index contributed by atoms with van der Waals surface area (Å²) >= 11 is 0. The molecule has 10 heavy (non-hydrogen) atoms. The quantitative estimate of drug-likeness (QED) is 0.548. The summed E-state index contributed by atoms with van der Waals surface area (Å²) in [6.07, 6.45) is 0.477. The first-order valence-electron chi connectivity index (χ1n) is 4.88. The van der Waals surface area contributed by atoms with Gasteiger partial charge in [-0.05, 0) is 20.3 Å². The van der Waals surface area contributed by atoms with E-state index in [1.165, 1.54) is 0 Å². The van der Waals surface area contributed by atoms with Crippen LogP contribution in [-0.2, 0) is 4.74 Å². The number of ether oxygens (including phenoxy) is 1. The first-order chi connectivity index (χ1) is 5.54. The van der Waals surface area contributed by atoms with Crippen LogP contribution in [0, 0.1) is 0 Å². The summed E-state index contributed by atoms with van der Waals surface area (Å²) in [5, 5.41) is 0. The molecule has 60 valence electrons. The normalized spacial score (nSPS) is 31.1. The molecule has 0 unspecified atom stereocenters. The maximum Gasteiger partial charge on any atom is 0.0593 e. The fourth-order valence-electron chi connectivity index (χ4n) is 1.05. The number of rotatable bonds is 1.